The van der Waals surface area contributed by atoms with Crippen molar-refractivity contribution < 1.29 is 23.2 Å². The Morgan fingerprint density at radius 2 is 2.00 bits per heavy atom. The molecule has 1 aliphatic rings. The molecule has 5 rings (SSSR count). The van der Waals surface area contributed by atoms with Crippen LogP contribution in [-0.4, -0.2) is 53.2 Å². The molecule has 0 radical (unpaired) electrons. The maximum Gasteiger partial charge on any atom is 0.294 e. The number of methoxy groups -OCH3 is 1. The minimum absolute atomic E-state index is 0. The Balaban J connectivity index is 0.00000353. The van der Waals surface area contributed by atoms with Gasteiger partial charge in [0.25, 0.3) is 11.8 Å². The van der Waals surface area contributed by atoms with E-state index >= 15 is 0 Å². The topological polar surface area (TPSA) is 116 Å². The molecule has 1 saturated heterocycles. The number of hydrogen-bond acceptors (Lipinski definition) is 6. The van der Waals surface area contributed by atoms with E-state index in [1.54, 1.807) is 24.1 Å². The lowest BCUT2D eigenvalue weighted by Crippen LogP contribution is -2.38. The summed E-state index contributed by atoms with van der Waals surface area (Å²) in [7, 11) is 1.62. The van der Waals surface area contributed by atoms with Crippen LogP contribution in [0.4, 0.5) is 10.1 Å². The predicted molar refractivity (Wildman–Crippen MR) is 148 cm³/mol. The third-order valence-electron chi connectivity index (χ3n) is 7.10. The molecule has 2 aromatic carbocycles. The molecule has 2 aromatic heterocycles. The first-order valence-corrected chi connectivity index (χ1v) is 12.6. The number of likely N-dealkylation sites (tertiary alicyclic amines) is 1. The van der Waals surface area contributed by atoms with Gasteiger partial charge in [-0.3, -0.25) is 9.59 Å². The van der Waals surface area contributed by atoms with Gasteiger partial charge in [0.1, 0.15) is 5.82 Å². The number of aromatic nitrogens is 2. The number of anilines is 1. The first-order chi connectivity index (χ1) is 18.5. The van der Waals surface area contributed by atoms with Crippen molar-refractivity contribution in [3.05, 3.63) is 83.1 Å². The summed E-state index contributed by atoms with van der Waals surface area (Å²) in [5, 5.41) is 7.10. The van der Waals surface area contributed by atoms with Gasteiger partial charge in [-0.15, -0.1) is 12.4 Å². The number of halogens is 2. The van der Waals surface area contributed by atoms with E-state index in [-0.39, 0.29) is 35.8 Å². The smallest absolute Gasteiger partial charge is 0.294 e. The Morgan fingerprint density at radius 1 is 1.21 bits per heavy atom. The summed E-state index contributed by atoms with van der Waals surface area (Å²) in [6.07, 6.45) is 4.50. The third-order valence-corrected chi connectivity index (χ3v) is 7.10. The summed E-state index contributed by atoms with van der Waals surface area (Å²) in [4.78, 5) is 28.3. The van der Waals surface area contributed by atoms with Crippen LogP contribution in [0.2, 0.25) is 0 Å². The van der Waals surface area contributed by atoms with Crippen molar-refractivity contribution in [2.45, 2.75) is 31.8 Å². The Hall–Kier alpha value is -3.73. The number of nitrogens with zero attached hydrogens (tertiary/aromatic N) is 3. The lowest BCUT2D eigenvalue weighted by Gasteiger charge is -2.32. The Kier molecular flexibility index (Phi) is 9.01. The number of benzene rings is 2. The Bertz CT molecular complexity index is 1450. The summed E-state index contributed by atoms with van der Waals surface area (Å²) < 4.78 is 26.8. The van der Waals surface area contributed by atoms with E-state index in [2.05, 4.69) is 10.5 Å². The fourth-order valence-electron chi connectivity index (χ4n) is 5.11. The second kappa shape index (κ2) is 12.4. The number of rotatable bonds is 8. The van der Waals surface area contributed by atoms with Gasteiger partial charge < -0.3 is 29.8 Å². The second-order valence-corrected chi connectivity index (χ2v) is 9.39. The van der Waals surface area contributed by atoms with Crippen LogP contribution in [0.15, 0.2) is 59.4 Å². The number of amides is 2. The minimum Gasteiger partial charge on any atom is -0.383 e. The molecule has 0 atom stereocenters. The van der Waals surface area contributed by atoms with Crippen LogP contribution in [0, 0.1) is 5.82 Å². The standard InChI is InChI=1S/C28H30FN5O4.ClH/c1-37-14-13-34-17-21(26-23(3-2-4-24(26)34)32-27(35)25-7-10-31-38-25)28(36)33-11-8-19(9-12-33)20-15-18(16-30)5-6-22(20)29;/h2-7,10,15,17,19H,8-9,11-14,16,30H2,1H3,(H,32,35);1H. The van der Waals surface area contributed by atoms with Crippen molar-refractivity contribution in [1.29, 1.82) is 0 Å². The molecule has 206 valence electrons. The SMILES string of the molecule is COCCn1cc(C(=O)N2CCC(c3cc(CN)ccc3F)CC2)c2c(NC(=O)c3ccno3)cccc21.Cl. The van der Waals surface area contributed by atoms with Gasteiger partial charge in [-0.1, -0.05) is 23.4 Å². The summed E-state index contributed by atoms with van der Waals surface area (Å²) >= 11 is 0. The molecule has 3 heterocycles. The normalized spacial score (nSPS) is 13.9. The number of nitrogens with one attached hydrogen (secondary N) is 1. The molecule has 2 amide bonds. The number of piperidine rings is 1. The Labute approximate surface area is 231 Å². The monoisotopic (exact) mass is 555 g/mol. The number of ether oxygens (including phenoxy) is 1. The van der Waals surface area contributed by atoms with Crippen LogP contribution in [0.1, 0.15) is 50.8 Å². The molecule has 0 bridgehead atoms. The molecular formula is C28H31ClFN5O4. The summed E-state index contributed by atoms with van der Waals surface area (Å²) in [6, 6.07) is 12.0. The summed E-state index contributed by atoms with van der Waals surface area (Å²) in [6.45, 7) is 2.34. The van der Waals surface area contributed by atoms with Crippen LogP contribution in [0.25, 0.3) is 10.9 Å². The lowest BCUT2D eigenvalue weighted by atomic mass is 9.88. The van der Waals surface area contributed by atoms with E-state index in [1.807, 2.05) is 29.0 Å². The zero-order valence-electron chi connectivity index (χ0n) is 21.6. The highest BCUT2D eigenvalue weighted by molar-refractivity contribution is 6.15. The highest BCUT2D eigenvalue weighted by atomic mass is 35.5. The first-order valence-electron chi connectivity index (χ1n) is 12.6. The van der Waals surface area contributed by atoms with Gasteiger partial charge in [-0.25, -0.2) is 4.39 Å². The van der Waals surface area contributed by atoms with Gasteiger partial charge in [0.05, 0.1) is 29.6 Å². The van der Waals surface area contributed by atoms with E-state index in [0.717, 1.165) is 11.1 Å². The first kappa shape index (κ1) is 28.3. The van der Waals surface area contributed by atoms with Crippen molar-refractivity contribution >= 4 is 40.8 Å². The van der Waals surface area contributed by atoms with Gasteiger partial charge in [0.15, 0.2) is 0 Å². The number of carbonyl (C=O) groups is 2. The number of nitrogens with two attached hydrogens (primary N) is 1. The number of fused-ring (bicyclic) bond motifs is 1. The largest absolute Gasteiger partial charge is 0.383 e. The molecule has 0 spiro atoms. The fourth-order valence-corrected chi connectivity index (χ4v) is 5.11. The minimum atomic E-state index is -0.458. The molecule has 4 aromatic rings. The van der Waals surface area contributed by atoms with Gasteiger partial charge in [-0.2, -0.15) is 0 Å². The van der Waals surface area contributed by atoms with Gasteiger partial charge in [0.2, 0.25) is 5.76 Å². The van der Waals surface area contributed by atoms with Gasteiger partial charge >= 0.3 is 0 Å². The summed E-state index contributed by atoms with van der Waals surface area (Å²) in [5.41, 5.74) is 9.09. The molecule has 9 nitrogen and oxygen atoms in total. The maximum absolute atomic E-state index is 14.6. The number of hydrogen-bond donors (Lipinski definition) is 2. The van der Waals surface area contributed by atoms with Crippen molar-refractivity contribution in [3.8, 4) is 0 Å². The molecule has 39 heavy (non-hydrogen) atoms. The summed E-state index contributed by atoms with van der Waals surface area (Å²) in [5.74, 6) is -0.741. The van der Waals surface area contributed by atoms with E-state index in [1.165, 1.54) is 18.3 Å². The molecular weight excluding hydrogens is 525 g/mol. The van der Waals surface area contributed by atoms with Crippen LogP contribution in [0.3, 0.4) is 0 Å². The van der Waals surface area contributed by atoms with Crippen LogP contribution >= 0.6 is 12.4 Å². The second-order valence-electron chi connectivity index (χ2n) is 9.39. The van der Waals surface area contributed by atoms with Crippen LogP contribution in [-0.2, 0) is 17.8 Å². The third kappa shape index (κ3) is 5.83. The van der Waals surface area contributed by atoms with Crippen LogP contribution in [0.5, 0.6) is 0 Å². The highest BCUT2D eigenvalue weighted by Crippen LogP contribution is 2.34. The highest BCUT2D eigenvalue weighted by Gasteiger charge is 2.29. The predicted octanol–water partition coefficient (Wildman–Crippen LogP) is 4.57. The molecule has 0 aliphatic carbocycles. The van der Waals surface area contributed by atoms with E-state index in [4.69, 9.17) is 15.0 Å². The fraction of sp³-hybridized carbons (Fsp3) is 0.321. The van der Waals surface area contributed by atoms with E-state index in [0.29, 0.717) is 67.8 Å². The number of carbonyl (C=O) groups excluding carboxylic acids is 2. The molecule has 11 heteroatoms. The van der Waals surface area contributed by atoms with Crippen molar-refractivity contribution in [3.63, 3.8) is 0 Å². The van der Waals surface area contributed by atoms with Gasteiger partial charge in [0, 0.05) is 50.9 Å². The molecule has 0 unspecified atom stereocenters. The van der Waals surface area contributed by atoms with Crippen molar-refractivity contribution in [2.24, 2.45) is 5.73 Å². The average Bonchev–Trinajstić information content (AvgIpc) is 3.61. The molecule has 0 saturated carbocycles. The lowest BCUT2D eigenvalue weighted by molar-refractivity contribution is 0.0713. The molecule has 1 fully saturated rings. The average molecular weight is 556 g/mol. The maximum atomic E-state index is 14.6. The van der Waals surface area contributed by atoms with E-state index < -0.39 is 5.91 Å². The van der Waals surface area contributed by atoms with Crippen molar-refractivity contribution in [2.75, 3.05) is 32.1 Å². The molecule has 1 aliphatic heterocycles. The van der Waals surface area contributed by atoms with Crippen LogP contribution < -0.4 is 11.1 Å². The van der Waals surface area contributed by atoms with Crippen molar-refractivity contribution in [1.82, 2.24) is 14.6 Å². The molecule has 3 N–H and O–H groups in total. The zero-order chi connectivity index (χ0) is 26.6. The zero-order valence-corrected chi connectivity index (χ0v) is 22.4. The van der Waals surface area contributed by atoms with E-state index in [9.17, 15) is 14.0 Å². The van der Waals surface area contributed by atoms with Gasteiger partial charge in [-0.05, 0) is 48.1 Å². The Morgan fingerprint density at radius 3 is 2.69 bits per heavy atom. The quantitative estimate of drug-likeness (QED) is 0.329.